The summed E-state index contributed by atoms with van der Waals surface area (Å²) in [7, 11) is 0. The maximum atomic E-state index is 11.4. The Bertz CT molecular complexity index is 486. The molecule has 0 bridgehead atoms. The molecule has 16 heavy (non-hydrogen) atoms. The first-order valence-corrected chi connectivity index (χ1v) is 5.85. The fraction of sp³-hybridized carbons (Fsp3) is 0.333. The van der Waals surface area contributed by atoms with Gasteiger partial charge in [-0.3, -0.25) is 4.79 Å². The zero-order valence-electron chi connectivity index (χ0n) is 8.66. The number of carbonyl (C=O) groups excluding carboxylic acids is 1. The van der Waals surface area contributed by atoms with Crippen LogP contribution >= 0.6 is 15.9 Å². The zero-order valence-corrected chi connectivity index (χ0v) is 10.3. The maximum absolute atomic E-state index is 11.4. The van der Waals surface area contributed by atoms with Crippen LogP contribution in [0.1, 0.15) is 24.0 Å². The summed E-state index contributed by atoms with van der Waals surface area (Å²) in [5.41, 5.74) is 6.84. The Morgan fingerprint density at radius 2 is 2.25 bits per heavy atom. The van der Waals surface area contributed by atoms with Crippen molar-refractivity contribution in [1.29, 1.82) is 5.26 Å². The number of rotatable bonds is 3. The minimum absolute atomic E-state index is 0.257. The largest absolute Gasteiger partial charge is 0.369 e. The molecule has 0 aliphatic heterocycles. The van der Waals surface area contributed by atoms with E-state index in [-0.39, 0.29) is 5.91 Å². The molecule has 0 heterocycles. The second-order valence-electron chi connectivity index (χ2n) is 4.09. The van der Waals surface area contributed by atoms with Gasteiger partial charge in [-0.1, -0.05) is 28.1 Å². The fourth-order valence-corrected chi connectivity index (χ4v) is 2.39. The second kappa shape index (κ2) is 3.91. The molecule has 1 saturated carbocycles. The number of nitriles is 1. The van der Waals surface area contributed by atoms with Crippen molar-refractivity contribution in [1.82, 2.24) is 0 Å². The summed E-state index contributed by atoms with van der Waals surface area (Å²) >= 11 is 3.41. The smallest absolute Gasteiger partial charge is 0.228 e. The molecule has 1 amide bonds. The monoisotopic (exact) mass is 278 g/mol. The van der Waals surface area contributed by atoms with Gasteiger partial charge < -0.3 is 5.73 Å². The third-order valence-corrected chi connectivity index (χ3v) is 3.84. The third-order valence-electron chi connectivity index (χ3n) is 3.10. The van der Waals surface area contributed by atoms with E-state index in [4.69, 9.17) is 11.0 Å². The van der Waals surface area contributed by atoms with Crippen LogP contribution in [0.15, 0.2) is 22.7 Å². The number of hydrogen-bond acceptors (Lipinski definition) is 2. The second-order valence-corrected chi connectivity index (χ2v) is 4.94. The van der Waals surface area contributed by atoms with E-state index in [1.54, 1.807) is 0 Å². The molecule has 1 aliphatic rings. The van der Waals surface area contributed by atoms with E-state index in [1.165, 1.54) is 0 Å². The first-order chi connectivity index (χ1) is 7.60. The number of hydrogen-bond donors (Lipinski definition) is 1. The van der Waals surface area contributed by atoms with E-state index in [0.29, 0.717) is 6.42 Å². The van der Waals surface area contributed by atoms with Crippen LogP contribution < -0.4 is 5.73 Å². The summed E-state index contributed by atoms with van der Waals surface area (Å²) in [6.45, 7) is 0. The summed E-state index contributed by atoms with van der Waals surface area (Å²) in [5.74, 6) is -0.257. The molecule has 2 N–H and O–H groups in total. The van der Waals surface area contributed by atoms with E-state index in [2.05, 4.69) is 22.0 Å². The number of benzene rings is 1. The highest BCUT2D eigenvalue weighted by molar-refractivity contribution is 9.10. The van der Waals surface area contributed by atoms with Gasteiger partial charge in [0.05, 0.1) is 17.9 Å². The zero-order chi connectivity index (χ0) is 11.8. The normalized spacial score (nSPS) is 16.5. The Balaban J connectivity index is 2.36. The van der Waals surface area contributed by atoms with Crippen molar-refractivity contribution in [2.45, 2.75) is 24.7 Å². The Hall–Kier alpha value is -1.34. The molecular formula is C12H11BrN2O. The van der Waals surface area contributed by atoms with E-state index in [9.17, 15) is 4.79 Å². The molecule has 82 valence electrons. The summed E-state index contributed by atoms with van der Waals surface area (Å²) in [4.78, 5) is 11.4. The molecule has 0 aromatic heterocycles. The minimum Gasteiger partial charge on any atom is -0.369 e. The van der Waals surface area contributed by atoms with Crippen molar-refractivity contribution in [3.05, 3.63) is 33.8 Å². The Kier molecular flexibility index (Phi) is 2.73. The highest BCUT2D eigenvalue weighted by Crippen LogP contribution is 2.48. The van der Waals surface area contributed by atoms with E-state index < -0.39 is 5.41 Å². The summed E-state index contributed by atoms with van der Waals surface area (Å²) in [6.07, 6.45) is 2.02. The van der Waals surface area contributed by atoms with Gasteiger partial charge in [0.1, 0.15) is 0 Å². The van der Waals surface area contributed by atoms with Gasteiger partial charge in [-0.05, 0) is 30.0 Å². The molecule has 1 aromatic carbocycles. The summed E-state index contributed by atoms with van der Waals surface area (Å²) in [5, 5.41) is 8.63. The lowest BCUT2D eigenvalue weighted by Crippen LogP contribution is -2.28. The first kappa shape index (κ1) is 11.2. The van der Waals surface area contributed by atoms with E-state index in [1.807, 2.05) is 18.2 Å². The van der Waals surface area contributed by atoms with Gasteiger partial charge in [0.15, 0.2) is 0 Å². The number of nitrogens with zero attached hydrogens (tertiary/aromatic N) is 1. The highest BCUT2D eigenvalue weighted by Gasteiger charge is 2.50. The number of carbonyl (C=O) groups is 1. The molecule has 0 saturated heterocycles. The van der Waals surface area contributed by atoms with Crippen LogP contribution in [0, 0.1) is 11.3 Å². The van der Waals surface area contributed by atoms with Crippen molar-refractivity contribution in [2.24, 2.45) is 5.73 Å². The van der Waals surface area contributed by atoms with E-state index in [0.717, 1.165) is 28.4 Å². The van der Waals surface area contributed by atoms with Crippen LogP contribution in [-0.4, -0.2) is 5.91 Å². The maximum Gasteiger partial charge on any atom is 0.228 e. The molecule has 1 aromatic rings. The van der Waals surface area contributed by atoms with Crippen molar-refractivity contribution in [3.63, 3.8) is 0 Å². The van der Waals surface area contributed by atoms with Crippen LogP contribution in [0.25, 0.3) is 0 Å². The average molecular weight is 279 g/mol. The van der Waals surface area contributed by atoms with Crippen LogP contribution in [0.2, 0.25) is 0 Å². The summed E-state index contributed by atoms with van der Waals surface area (Å²) in [6, 6.07) is 7.79. The Labute approximate surface area is 102 Å². The topological polar surface area (TPSA) is 66.9 Å². The van der Waals surface area contributed by atoms with Crippen molar-refractivity contribution >= 4 is 21.8 Å². The molecule has 3 nitrogen and oxygen atoms in total. The van der Waals surface area contributed by atoms with Crippen LogP contribution in [0.3, 0.4) is 0 Å². The Morgan fingerprint density at radius 1 is 1.56 bits per heavy atom. The molecule has 4 heteroatoms. The number of nitrogens with two attached hydrogens (primary N) is 1. The first-order valence-electron chi connectivity index (χ1n) is 5.06. The third kappa shape index (κ3) is 1.72. The number of primary amides is 1. The van der Waals surface area contributed by atoms with Crippen LogP contribution in [0.4, 0.5) is 0 Å². The number of halogens is 1. The molecule has 0 radical (unpaired) electrons. The van der Waals surface area contributed by atoms with Crippen LogP contribution in [-0.2, 0) is 16.6 Å². The standard InChI is InChI=1S/C12H11BrN2O/c13-10-7-9(2-1-8(10)3-6-14)12(4-5-12)11(15)16/h1-2,7H,3-5H2,(H2,15,16). The van der Waals surface area contributed by atoms with E-state index >= 15 is 0 Å². The predicted octanol–water partition coefficient (Wildman–Crippen LogP) is 2.03. The quantitative estimate of drug-likeness (QED) is 0.919. The van der Waals surface area contributed by atoms with Gasteiger partial charge in [-0.25, -0.2) is 0 Å². The van der Waals surface area contributed by atoms with Gasteiger partial charge >= 0.3 is 0 Å². The van der Waals surface area contributed by atoms with Crippen LogP contribution in [0.5, 0.6) is 0 Å². The molecule has 2 rings (SSSR count). The van der Waals surface area contributed by atoms with Gasteiger partial charge in [-0.2, -0.15) is 5.26 Å². The molecule has 1 aliphatic carbocycles. The minimum atomic E-state index is -0.451. The Morgan fingerprint density at radius 3 is 2.69 bits per heavy atom. The SMILES string of the molecule is N#CCc1ccc(C2(C(N)=O)CC2)cc1Br. The molecular weight excluding hydrogens is 268 g/mol. The molecule has 0 unspecified atom stereocenters. The van der Waals surface area contributed by atoms with Gasteiger partial charge in [0, 0.05) is 4.47 Å². The lowest BCUT2D eigenvalue weighted by Gasteiger charge is -2.12. The predicted molar refractivity (Wildman–Crippen MR) is 63.6 cm³/mol. The lowest BCUT2D eigenvalue weighted by atomic mass is 9.94. The average Bonchev–Trinajstić information content (AvgIpc) is 3.02. The highest BCUT2D eigenvalue weighted by atomic mass is 79.9. The molecule has 0 atom stereocenters. The molecule has 1 fully saturated rings. The van der Waals surface area contributed by atoms with Crippen molar-refractivity contribution in [2.75, 3.05) is 0 Å². The number of amides is 1. The molecule has 0 spiro atoms. The van der Waals surface area contributed by atoms with Gasteiger partial charge in [0.25, 0.3) is 0 Å². The van der Waals surface area contributed by atoms with Gasteiger partial charge in [0.2, 0.25) is 5.91 Å². The van der Waals surface area contributed by atoms with Crippen molar-refractivity contribution in [3.8, 4) is 6.07 Å². The fourth-order valence-electron chi connectivity index (χ4n) is 1.88. The lowest BCUT2D eigenvalue weighted by molar-refractivity contribution is -0.120. The van der Waals surface area contributed by atoms with Crippen molar-refractivity contribution < 1.29 is 4.79 Å². The van der Waals surface area contributed by atoms with Gasteiger partial charge in [-0.15, -0.1) is 0 Å². The summed E-state index contributed by atoms with van der Waals surface area (Å²) < 4.78 is 0.874.